The Balaban J connectivity index is 3.52. The third-order valence-corrected chi connectivity index (χ3v) is 2.09. The molecular weight excluding hydrogens is 188 g/mol. The number of methoxy groups -OCH3 is 2. The lowest BCUT2D eigenvalue weighted by molar-refractivity contribution is -0.204. The molecule has 0 rings (SSSR count). The van der Waals surface area contributed by atoms with Crippen molar-refractivity contribution < 1.29 is 24.4 Å². The fourth-order valence-corrected chi connectivity index (χ4v) is 0.817. The monoisotopic (exact) mass is 208 g/mol. The van der Waals surface area contributed by atoms with Crippen LogP contribution in [0.25, 0.3) is 0 Å². The van der Waals surface area contributed by atoms with Crippen molar-refractivity contribution in [3.63, 3.8) is 0 Å². The van der Waals surface area contributed by atoms with Gasteiger partial charge in [0.05, 0.1) is 19.8 Å². The third kappa shape index (κ3) is 5.51. The number of aliphatic hydroxyl groups is 2. The second kappa shape index (κ2) is 7.14. The van der Waals surface area contributed by atoms with E-state index in [-0.39, 0.29) is 13.2 Å². The minimum absolute atomic E-state index is 0.125. The van der Waals surface area contributed by atoms with Gasteiger partial charge >= 0.3 is 0 Å². The molecule has 0 saturated heterocycles. The van der Waals surface area contributed by atoms with Crippen LogP contribution in [-0.2, 0) is 14.2 Å². The maximum Gasteiger partial charge on any atom is 0.166 e. The Morgan fingerprint density at radius 3 is 2.29 bits per heavy atom. The van der Waals surface area contributed by atoms with Gasteiger partial charge in [-0.3, -0.25) is 0 Å². The van der Waals surface area contributed by atoms with Gasteiger partial charge in [0.1, 0.15) is 6.10 Å². The van der Waals surface area contributed by atoms with Crippen molar-refractivity contribution in [1.82, 2.24) is 0 Å². The first-order valence-corrected chi connectivity index (χ1v) is 4.55. The summed E-state index contributed by atoms with van der Waals surface area (Å²) in [5, 5.41) is 17.5. The van der Waals surface area contributed by atoms with Crippen molar-refractivity contribution in [1.29, 1.82) is 0 Å². The van der Waals surface area contributed by atoms with Crippen LogP contribution in [0, 0.1) is 0 Å². The fraction of sp³-hybridized carbons (Fsp3) is 1.00. The molecule has 0 radical (unpaired) electrons. The largest absolute Gasteiger partial charge is 0.394 e. The van der Waals surface area contributed by atoms with E-state index in [4.69, 9.17) is 24.4 Å². The summed E-state index contributed by atoms with van der Waals surface area (Å²) < 4.78 is 15.3. The van der Waals surface area contributed by atoms with E-state index in [0.29, 0.717) is 13.0 Å². The van der Waals surface area contributed by atoms with Crippen LogP contribution in [0.3, 0.4) is 0 Å². The van der Waals surface area contributed by atoms with Crippen molar-refractivity contribution in [3.8, 4) is 0 Å². The zero-order chi connectivity index (χ0) is 11.0. The summed E-state index contributed by atoms with van der Waals surface area (Å²) in [6.07, 6.45) is -0.246. The Morgan fingerprint density at radius 2 is 1.86 bits per heavy atom. The number of rotatable bonds is 8. The van der Waals surface area contributed by atoms with Crippen LogP contribution in [0.4, 0.5) is 0 Å². The molecule has 14 heavy (non-hydrogen) atoms. The van der Waals surface area contributed by atoms with Crippen LogP contribution >= 0.6 is 0 Å². The van der Waals surface area contributed by atoms with Gasteiger partial charge in [-0.1, -0.05) is 0 Å². The van der Waals surface area contributed by atoms with Crippen molar-refractivity contribution in [2.24, 2.45) is 0 Å². The fourth-order valence-electron chi connectivity index (χ4n) is 0.817. The Bertz CT molecular complexity index is 135. The first kappa shape index (κ1) is 13.8. The number of aliphatic hydroxyl groups excluding tert-OH is 2. The van der Waals surface area contributed by atoms with Gasteiger partial charge in [-0.15, -0.1) is 0 Å². The Kier molecular flexibility index (Phi) is 7.04. The summed E-state index contributed by atoms with van der Waals surface area (Å²) in [5.74, 6) is -0.649. The summed E-state index contributed by atoms with van der Waals surface area (Å²) in [5.41, 5.74) is 0. The summed E-state index contributed by atoms with van der Waals surface area (Å²) in [7, 11) is 3.12. The molecule has 1 unspecified atom stereocenters. The average Bonchev–Trinajstić information content (AvgIpc) is 2.23. The normalized spacial score (nSPS) is 14.4. The van der Waals surface area contributed by atoms with Gasteiger partial charge in [0.2, 0.25) is 0 Å². The molecule has 0 aliphatic heterocycles. The van der Waals surface area contributed by atoms with Crippen LogP contribution < -0.4 is 0 Å². The lowest BCUT2D eigenvalue weighted by Crippen LogP contribution is -2.32. The summed E-state index contributed by atoms with van der Waals surface area (Å²) in [4.78, 5) is 0. The number of hydrogen-bond acceptors (Lipinski definition) is 5. The van der Waals surface area contributed by atoms with Gasteiger partial charge in [-0.2, -0.15) is 0 Å². The molecule has 0 amide bonds. The number of ether oxygens (including phenoxy) is 3. The molecule has 5 heteroatoms. The Morgan fingerprint density at radius 1 is 1.29 bits per heavy atom. The summed E-state index contributed by atoms with van der Waals surface area (Å²) in [6.45, 7) is 2.06. The van der Waals surface area contributed by atoms with Crippen LogP contribution in [0.15, 0.2) is 0 Å². The van der Waals surface area contributed by atoms with Crippen LogP contribution in [-0.4, -0.2) is 56.1 Å². The minimum Gasteiger partial charge on any atom is -0.394 e. The van der Waals surface area contributed by atoms with Gasteiger partial charge in [0, 0.05) is 20.6 Å². The van der Waals surface area contributed by atoms with E-state index in [1.54, 1.807) is 21.1 Å². The molecule has 0 fully saturated rings. The topological polar surface area (TPSA) is 68.2 Å². The van der Waals surface area contributed by atoms with E-state index < -0.39 is 11.9 Å². The molecule has 1 atom stereocenters. The molecule has 2 N–H and O–H groups in total. The molecule has 0 bridgehead atoms. The minimum atomic E-state index is -0.814. The van der Waals surface area contributed by atoms with E-state index in [1.165, 1.54) is 0 Å². The van der Waals surface area contributed by atoms with Crippen molar-refractivity contribution >= 4 is 0 Å². The second-order valence-electron chi connectivity index (χ2n) is 3.20. The third-order valence-electron chi connectivity index (χ3n) is 2.09. The van der Waals surface area contributed by atoms with Gasteiger partial charge in [0.15, 0.2) is 5.79 Å². The van der Waals surface area contributed by atoms with Gasteiger partial charge in [-0.05, 0) is 6.92 Å². The zero-order valence-electron chi connectivity index (χ0n) is 9.02. The highest BCUT2D eigenvalue weighted by molar-refractivity contribution is 4.61. The van der Waals surface area contributed by atoms with Gasteiger partial charge < -0.3 is 24.4 Å². The van der Waals surface area contributed by atoms with Crippen molar-refractivity contribution in [2.45, 2.75) is 25.2 Å². The predicted octanol–water partition coefficient (Wildman–Crippen LogP) is -0.245. The summed E-state index contributed by atoms with van der Waals surface area (Å²) in [6, 6.07) is 0. The molecule has 5 nitrogen and oxygen atoms in total. The molecule has 0 heterocycles. The molecule has 0 aliphatic rings. The molecule has 0 aromatic rings. The zero-order valence-corrected chi connectivity index (χ0v) is 9.02. The van der Waals surface area contributed by atoms with E-state index in [9.17, 15) is 0 Å². The standard InChI is InChI=1S/C9H20O5/c1-9(12-2,13-3)4-5-14-7-8(11)6-10/h8,10-11H,4-7H2,1-3H3. The smallest absolute Gasteiger partial charge is 0.166 e. The first-order chi connectivity index (χ1) is 6.58. The molecular formula is C9H20O5. The van der Waals surface area contributed by atoms with Crippen molar-refractivity contribution in [2.75, 3.05) is 34.0 Å². The quantitative estimate of drug-likeness (QED) is 0.425. The van der Waals surface area contributed by atoms with Gasteiger partial charge in [-0.25, -0.2) is 0 Å². The van der Waals surface area contributed by atoms with E-state index >= 15 is 0 Å². The molecule has 0 aliphatic carbocycles. The molecule has 0 spiro atoms. The average molecular weight is 208 g/mol. The highest BCUT2D eigenvalue weighted by Crippen LogP contribution is 2.14. The summed E-state index contributed by atoms with van der Waals surface area (Å²) >= 11 is 0. The van der Waals surface area contributed by atoms with Crippen molar-refractivity contribution in [3.05, 3.63) is 0 Å². The van der Waals surface area contributed by atoms with Crippen LogP contribution in [0.5, 0.6) is 0 Å². The molecule has 0 aromatic carbocycles. The first-order valence-electron chi connectivity index (χ1n) is 4.55. The number of hydrogen-bond donors (Lipinski definition) is 2. The van der Waals surface area contributed by atoms with Crippen LogP contribution in [0.1, 0.15) is 13.3 Å². The Labute approximate surface area is 84.6 Å². The highest BCUT2D eigenvalue weighted by atomic mass is 16.7. The molecule has 86 valence electrons. The maximum atomic E-state index is 8.96. The maximum absolute atomic E-state index is 8.96. The van der Waals surface area contributed by atoms with E-state index in [1.807, 2.05) is 0 Å². The molecule has 0 saturated carbocycles. The van der Waals surface area contributed by atoms with Gasteiger partial charge in [0.25, 0.3) is 0 Å². The lowest BCUT2D eigenvalue weighted by Gasteiger charge is -2.26. The van der Waals surface area contributed by atoms with E-state index in [2.05, 4.69) is 0 Å². The SMILES string of the molecule is COC(C)(CCOCC(O)CO)OC. The highest BCUT2D eigenvalue weighted by Gasteiger charge is 2.21. The second-order valence-corrected chi connectivity index (χ2v) is 3.20. The van der Waals surface area contributed by atoms with E-state index in [0.717, 1.165) is 0 Å². The molecule has 0 aromatic heterocycles. The predicted molar refractivity (Wildman–Crippen MR) is 51.0 cm³/mol. The van der Waals surface area contributed by atoms with Crippen LogP contribution in [0.2, 0.25) is 0 Å². The Hall–Kier alpha value is -0.200. The lowest BCUT2D eigenvalue weighted by atomic mass is 10.2.